The molecule has 0 aliphatic carbocycles. The van der Waals surface area contributed by atoms with Crippen LogP contribution in [-0.2, 0) is 0 Å². The Balaban J connectivity index is 1.57. The summed E-state index contributed by atoms with van der Waals surface area (Å²) in [5.41, 5.74) is 3.11. The SMILES string of the molecule is C[P+](c1ccccc1)(c1ccccc1)c1ccccc1-c1cc(=O)n2c(ccn2-c2ccccc2)n1. The van der Waals surface area contributed by atoms with Gasteiger partial charge in [-0.05, 0) is 48.5 Å². The first-order valence-electron chi connectivity index (χ1n) is 11.9. The molecular weight excluding hydrogens is 461 g/mol. The lowest BCUT2D eigenvalue weighted by Gasteiger charge is -2.25. The second-order valence-electron chi connectivity index (χ2n) is 8.84. The topological polar surface area (TPSA) is 39.3 Å². The average molecular weight is 487 g/mol. The number of hydrogen-bond donors (Lipinski definition) is 0. The maximum absolute atomic E-state index is 13.4. The van der Waals surface area contributed by atoms with E-state index in [0.717, 1.165) is 11.3 Å². The minimum atomic E-state index is -2.00. The molecule has 0 spiro atoms. The van der Waals surface area contributed by atoms with E-state index in [1.54, 1.807) is 10.6 Å². The highest BCUT2D eigenvalue weighted by Gasteiger charge is 2.42. The van der Waals surface area contributed by atoms with E-state index in [9.17, 15) is 4.79 Å². The lowest BCUT2D eigenvalue weighted by molar-refractivity contribution is 0.765. The molecular formula is C31H25N3OP+. The van der Waals surface area contributed by atoms with Gasteiger partial charge in [0.05, 0.1) is 18.0 Å². The zero-order chi connectivity index (χ0) is 24.5. The first-order valence-corrected chi connectivity index (χ1v) is 14.1. The summed E-state index contributed by atoms with van der Waals surface area (Å²) in [6.07, 6.45) is 1.89. The van der Waals surface area contributed by atoms with Crippen LogP contribution in [0, 0.1) is 0 Å². The zero-order valence-electron chi connectivity index (χ0n) is 19.9. The molecule has 5 heteroatoms. The summed E-state index contributed by atoms with van der Waals surface area (Å²) in [6, 6.07) is 43.1. The molecule has 0 radical (unpaired) electrons. The van der Waals surface area contributed by atoms with Crippen molar-refractivity contribution >= 4 is 28.8 Å². The minimum absolute atomic E-state index is 0.113. The predicted molar refractivity (Wildman–Crippen MR) is 151 cm³/mol. The molecule has 2 heterocycles. The van der Waals surface area contributed by atoms with Crippen LogP contribution in [0.25, 0.3) is 22.6 Å². The number of para-hydroxylation sites is 1. The molecule has 4 nitrogen and oxygen atoms in total. The van der Waals surface area contributed by atoms with Crippen LogP contribution in [0.1, 0.15) is 0 Å². The van der Waals surface area contributed by atoms with E-state index in [2.05, 4.69) is 85.5 Å². The summed E-state index contributed by atoms with van der Waals surface area (Å²) in [7, 11) is -2.00. The van der Waals surface area contributed by atoms with Crippen LogP contribution < -0.4 is 21.5 Å². The van der Waals surface area contributed by atoms with Gasteiger partial charge in [-0.3, -0.25) is 9.48 Å². The van der Waals surface area contributed by atoms with Crippen LogP contribution in [0.15, 0.2) is 138 Å². The standard InChI is InChI=1S/C31H25N3OP/c1-36(25-15-7-3-8-16-25,26-17-9-4-10-18-26)29-20-12-11-19-27(29)28-23-31(35)34-30(32-28)21-22-33(34)24-13-5-2-6-14-24/h2-23H,1H3/q+1. The highest BCUT2D eigenvalue weighted by Crippen LogP contribution is 2.53. The molecule has 4 aromatic carbocycles. The molecule has 174 valence electrons. The van der Waals surface area contributed by atoms with Gasteiger partial charge in [-0.15, -0.1) is 0 Å². The van der Waals surface area contributed by atoms with Gasteiger partial charge in [0.1, 0.15) is 23.2 Å². The number of rotatable bonds is 5. The molecule has 6 rings (SSSR count). The number of hydrogen-bond acceptors (Lipinski definition) is 2. The monoisotopic (exact) mass is 486 g/mol. The van der Waals surface area contributed by atoms with Gasteiger partial charge in [0.25, 0.3) is 5.56 Å². The summed E-state index contributed by atoms with van der Waals surface area (Å²) in [4.78, 5) is 18.4. The number of benzene rings is 4. The lowest BCUT2D eigenvalue weighted by atomic mass is 10.1. The summed E-state index contributed by atoms with van der Waals surface area (Å²) < 4.78 is 3.45. The third-order valence-corrected chi connectivity index (χ3v) is 10.7. The smallest absolute Gasteiger partial charge is 0.267 e. The molecule has 6 aromatic rings. The van der Waals surface area contributed by atoms with Crippen molar-refractivity contribution in [2.45, 2.75) is 0 Å². The zero-order valence-corrected chi connectivity index (χ0v) is 20.8. The number of aromatic nitrogens is 3. The Labute approximate surface area is 210 Å². The van der Waals surface area contributed by atoms with Crippen molar-refractivity contribution in [3.8, 4) is 16.9 Å². The Morgan fingerprint density at radius 2 is 1.22 bits per heavy atom. The first-order chi connectivity index (χ1) is 17.7. The van der Waals surface area contributed by atoms with Gasteiger partial charge >= 0.3 is 0 Å². The predicted octanol–water partition coefficient (Wildman–Crippen LogP) is 5.08. The van der Waals surface area contributed by atoms with Gasteiger partial charge in [-0.25, -0.2) is 4.98 Å². The average Bonchev–Trinajstić information content (AvgIpc) is 3.39. The quantitative estimate of drug-likeness (QED) is 0.319. The minimum Gasteiger partial charge on any atom is -0.267 e. The largest absolute Gasteiger partial charge is 0.273 e. The molecule has 0 saturated carbocycles. The van der Waals surface area contributed by atoms with Gasteiger partial charge in [0.15, 0.2) is 5.65 Å². The van der Waals surface area contributed by atoms with E-state index >= 15 is 0 Å². The lowest BCUT2D eigenvalue weighted by Crippen LogP contribution is -2.31. The molecule has 0 atom stereocenters. The van der Waals surface area contributed by atoms with Gasteiger partial charge in [-0.2, -0.15) is 4.52 Å². The Morgan fingerprint density at radius 1 is 0.667 bits per heavy atom. The second kappa shape index (κ2) is 9.07. The van der Waals surface area contributed by atoms with Gasteiger partial charge < -0.3 is 0 Å². The maximum Gasteiger partial charge on any atom is 0.273 e. The van der Waals surface area contributed by atoms with E-state index in [0.29, 0.717) is 11.3 Å². The van der Waals surface area contributed by atoms with Crippen LogP contribution in [0.4, 0.5) is 0 Å². The molecule has 0 aliphatic heterocycles. The number of fused-ring (bicyclic) bond motifs is 1. The Hall–Kier alpha value is -4.27. The Morgan fingerprint density at radius 3 is 1.86 bits per heavy atom. The summed E-state index contributed by atoms with van der Waals surface area (Å²) in [5.74, 6) is 0. The molecule has 0 N–H and O–H groups in total. The molecule has 2 aromatic heterocycles. The summed E-state index contributed by atoms with van der Waals surface area (Å²) >= 11 is 0. The van der Waals surface area contributed by atoms with Crippen LogP contribution >= 0.6 is 7.26 Å². The number of nitrogens with zero attached hydrogens (tertiary/aromatic N) is 3. The summed E-state index contributed by atoms with van der Waals surface area (Å²) in [5, 5.41) is 3.79. The van der Waals surface area contributed by atoms with Crippen molar-refractivity contribution in [2.24, 2.45) is 0 Å². The van der Waals surface area contributed by atoms with Gasteiger partial charge in [0, 0.05) is 23.9 Å². The maximum atomic E-state index is 13.4. The van der Waals surface area contributed by atoms with Crippen LogP contribution in [0.2, 0.25) is 0 Å². The highest BCUT2D eigenvalue weighted by molar-refractivity contribution is 7.95. The highest BCUT2D eigenvalue weighted by atomic mass is 31.2. The second-order valence-corrected chi connectivity index (χ2v) is 12.4. The molecule has 0 bridgehead atoms. The molecule has 0 aliphatic rings. The first kappa shape index (κ1) is 22.2. The van der Waals surface area contributed by atoms with E-state index in [-0.39, 0.29) is 5.56 Å². The molecule has 0 amide bonds. The normalized spacial score (nSPS) is 11.6. The fraction of sp³-hybridized carbons (Fsp3) is 0.0323. The van der Waals surface area contributed by atoms with Crippen molar-refractivity contribution in [2.75, 3.05) is 6.66 Å². The van der Waals surface area contributed by atoms with Crippen molar-refractivity contribution in [1.29, 1.82) is 0 Å². The Kier molecular flexibility index (Phi) is 5.59. The molecule has 0 saturated heterocycles. The van der Waals surface area contributed by atoms with E-state index in [1.165, 1.54) is 15.9 Å². The molecule has 36 heavy (non-hydrogen) atoms. The third kappa shape index (κ3) is 3.67. The van der Waals surface area contributed by atoms with E-state index < -0.39 is 7.26 Å². The van der Waals surface area contributed by atoms with Crippen molar-refractivity contribution in [1.82, 2.24) is 14.2 Å². The third-order valence-electron chi connectivity index (χ3n) is 6.73. The van der Waals surface area contributed by atoms with Gasteiger partial charge in [0.2, 0.25) is 0 Å². The van der Waals surface area contributed by atoms with E-state index in [1.807, 2.05) is 53.3 Å². The summed E-state index contributed by atoms with van der Waals surface area (Å²) in [6.45, 7) is 2.35. The van der Waals surface area contributed by atoms with Crippen molar-refractivity contribution in [3.63, 3.8) is 0 Å². The van der Waals surface area contributed by atoms with Crippen molar-refractivity contribution in [3.05, 3.63) is 144 Å². The van der Waals surface area contributed by atoms with Crippen LogP contribution in [-0.4, -0.2) is 20.8 Å². The molecule has 0 unspecified atom stereocenters. The van der Waals surface area contributed by atoms with E-state index in [4.69, 9.17) is 4.98 Å². The fourth-order valence-electron chi connectivity index (χ4n) is 4.90. The van der Waals surface area contributed by atoms with Gasteiger partial charge in [-0.1, -0.05) is 66.7 Å². The fourth-order valence-corrected chi connectivity index (χ4v) is 8.35. The van der Waals surface area contributed by atoms with Crippen LogP contribution in [0.3, 0.4) is 0 Å². The van der Waals surface area contributed by atoms with Crippen molar-refractivity contribution < 1.29 is 0 Å². The van der Waals surface area contributed by atoms with Crippen LogP contribution in [0.5, 0.6) is 0 Å². The molecule has 0 fully saturated rings. The Bertz CT molecular complexity index is 1670.